The van der Waals surface area contributed by atoms with Gasteiger partial charge in [-0.3, -0.25) is 0 Å². The van der Waals surface area contributed by atoms with E-state index in [9.17, 15) is 0 Å². The summed E-state index contributed by atoms with van der Waals surface area (Å²) in [6.45, 7) is 2.10. The van der Waals surface area contributed by atoms with Gasteiger partial charge in [0.15, 0.2) is 5.65 Å². The molecular weight excluding hydrogens is 316 g/mol. The number of nitrogens with zero attached hydrogens (tertiary/aromatic N) is 3. The molecule has 2 aromatic carbocycles. The molecule has 3 aromatic heterocycles. The molecule has 116 valence electrons. The van der Waals surface area contributed by atoms with Gasteiger partial charge in [0.2, 0.25) is 0 Å². The maximum absolute atomic E-state index is 4.67. The molecule has 24 heavy (non-hydrogen) atoms. The van der Waals surface area contributed by atoms with E-state index < -0.39 is 0 Å². The molecule has 1 N–H and O–H groups in total. The lowest BCUT2D eigenvalue weighted by molar-refractivity contribution is 0.971. The van der Waals surface area contributed by atoms with E-state index in [1.54, 1.807) is 11.8 Å². The van der Waals surface area contributed by atoms with Gasteiger partial charge in [0.25, 0.3) is 0 Å². The Morgan fingerprint density at radius 2 is 1.79 bits per heavy atom. The summed E-state index contributed by atoms with van der Waals surface area (Å²) in [4.78, 5) is 10.4. The van der Waals surface area contributed by atoms with E-state index in [4.69, 9.17) is 0 Å². The van der Waals surface area contributed by atoms with Crippen molar-refractivity contribution in [1.82, 2.24) is 19.6 Å². The molecule has 5 aromatic rings. The fraction of sp³-hybridized carbons (Fsp3) is 0.0526. The summed E-state index contributed by atoms with van der Waals surface area (Å²) in [5, 5.41) is 6.82. The summed E-state index contributed by atoms with van der Waals surface area (Å²) in [5.41, 5.74) is 4.22. The van der Waals surface area contributed by atoms with Crippen LogP contribution in [-0.4, -0.2) is 19.6 Å². The van der Waals surface area contributed by atoms with Gasteiger partial charge < -0.3 is 4.98 Å². The lowest BCUT2D eigenvalue weighted by Crippen LogP contribution is -1.91. The Hall–Kier alpha value is -2.79. The molecule has 0 aliphatic carbocycles. The summed E-state index contributed by atoms with van der Waals surface area (Å²) >= 11 is 1.69. The van der Waals surface area contributed by atoms with Crippen LogP contribution in [-0.2, 0) is 0 Å². The van der Waals surface area contributed by atoms with Gasteiger partial charge in [-0.15, -0.1) is 0 Å². The average molecular weight is 330 g/mol. The molecule has 0 unspecified atom stereocenters. The van der Waals surface area contributed by atoms with Crippen molar-refractivity contribution in [1.29, 1.82) is 0 Å². The zero-order valence-corrected chi connectivity index (χ0v) is 13.8. The highest BCUT2D eigenvalue weighted by atomic mass is 32.2. The van der Waals surface area contributed by atoms with Crippen LogP contribution < -0.4 is 0 Å². The minimum Gasteiger partial charge on any atom is -0.339 e. The smallest absolute Gasteiger partial charge is 0.171 e. The fourth-order valence-corrected chi connectivity index (χ4v) is 3.84. The van der Waals surface area contributed by atoms with Gasteiger partial charge in [0.05, 0.1) is 11.1 Å². The predicted molar refractivity (Wildman–Crippen MR) is 97.7 cm³/mol. The molecule has 0 amide bonds. The number of aromatic nitrogens is 4. The van der Waals surface area contributed by atoms with Crippen LogP contribution in [0, 0.1) is 6.92 Å². The van der Waals surface area contributed by atoms with Crippen LogP contribution in [0.15, 0.2) is 70.7 Å². The van der Waals surface area contributed by atoms with Gasteiger partial charge in [0, 0.05) is 27.4 Å². The zero-order valence-electron chi connectivity index (χ0n) is 13.0. The van der Waals surface area contributed by atoms with Gasteiger partial charge in [-0.25, -0.2) is 4.98 Å². The molecule has 0 atom stereocenters. The van der Waals surface area contributed by atoms with E-state index in [0.29, 0.717) is 0 Å². The third-order valence-corrected chi connectivity index (χ3v) is 5.23. The second-order valence-corrected chi connectivity index (χ2v) is 6.97. The van der Waals surface area contributed by atoms with Crippen LogP contribution in [0.2, 0.25) is 0 Å². The molecule has 0 radical (unpaired) electrons. The number of hydrogen-bond donors (Lipinski definition) is 1. The van der Waals surface area contributed by atoms with Crippen molar-refractivity contribution in [2.75, 3.05) is 0 Å². The molecule has 0 bridgehead atoms. The molecule has 5 rings (SSSR count). The predicted octanol–water partition coefficient (Wildman–Crippen LogP) is 4.82. The number of nitrogens with one attached hydrogen (secondary N) is 1. The van der Waals surface area contributed by atoms with E-state index in [-0.39, 0.29) is 0 Å². The Kier molecular flexibility index (Phi) is 2.90. The van der Waals surface area contributed by atoms with Crippen molar-refractivity contribution in [3.05, 3.63) is 66.5 Å². The molecule has 0 aliphatic rings. The quantitative estimate of drug-likeness (QED) is 0.504. The number of fused-ring (bicyclic) bond motifs is 5. The maximum Gasteiger partial charge on any atom is 0.171 e. The first-order valence-electron chi connectivity index (χ1n) is 7.77. The van der Waals surface area contributed by atoms with Crippen molar-refractivity contribution >= 4 is 39.3 Å². The van der Waals surface area contributed by atoms with Crippen LogP contribution in [0.1, 0.15) is 5.56 Å². The Morgan fingerprint density at radius 1 is 0.958 bits per heavy atom. The highest BCUT2D eigenvalue weighted by Crippen LogP contribution is 2.32. The minimum atomic E-state index is 0.875. The lowest BCUT2D eigenvalue weighted by Gasteiger charge is -2.00. The second-order valence-electron chi connectivity index (χ2n) is 5.85. The Morgan fingerprint density at radius 3 is 2.67 bits per heavy atom. The number of aromatic amines is 1. The largest absolute Gasteiger partial charge is 0.339 e. The van der Waals surface area contributed by atoms with Crippen molar-refractivity contribution in [3.63, 3.8) is 0 Å². The van der Waals surface area contributed by atoms with E-state index in [2.05, 4.69) is 58.4 Å². The molecule has 0 spiro atoms. The van der Waals surface area contributed by atoms with Crippen LogP contribution in [0.3, 0.4) is 0 Å². The monoisotopic (exact) mass is 330 g/mol. The van der Waals surface area contributed by atoms with E-state index in [1.807, 2.05) is 29.0 Å². The normalized spacial score (nSPS) is 11.7. The Balaban J connectivity index is 1.69. The van der Waals surface area contributed by atoms with Gasteiger partial charge >= 0.3 is 0 Å². The average Bonchev–Trinajstić information content (AvgIpc) is 3.18. The third kappa shape index (κ3) is 2.02. The Labute approximate surface area is 142 Å². The Bertz CT molecular complexity index is 1180. The van der Waals surface area contributed by atoms with Gasteiger partial charge in [-0.1, -0.05) is 47.7 Å². The SMILES string of the molecule is Cc1ccc(Sc2cnn3c2ncc2c4ccccc4[nH]c23)cc1. The number of aryl methyl sites for hydroxylation is 1. The topological polar surface area (TPSA) is 46.0 Å². The first-order valence-corrected chi connectivity index (χ1v) is 8.59. The van der Waals surface area contributed by atoms with Crippen LogP contribution in [0.25, 0.3) is 27.6 Å². The molecule has 5 heteroatoms. The molecule has 0 fully saturated rings. The molecule has 0 saturated heterocycles. The first-order chi connectivity index (χ1) is 11.8. The van der Waals surface area contributed by atoms with E-state index >= 15 is 0 Å². The molecule has 3 heterocycles. The van der Waals surface area contributed by atoms with Crippen molar-refractivity contribution in [2.45, 2.75) is 16.7 Å². The summed E-state index contributed by atoms with van der Waals surface area (Å²) in [5.74, 6) is 0. The number of H-pyrrole nitrogens is 1. The lowest BCUT2D eigenvalue weighted by atomic mass is 10.2. The van der Waals surface area contributed by atoms with Crippen LogP contribution >= 0.6 is 11.8 Å². The van der Waals surface area contributed by atoms with E-state index in [0.717, 1.165) is 27.1 Å². The van der Waals surface area contributed by atoms with Crippen LogP contribution in [0.5, 0.6) is 0 Å². The number of benzene rings is 2. The van der Waals surface area contributed by atoms with Gasteiger partial charge in [-0.2, -0.15) is 9.61 Å². The van der Waals surface area contributed by atoms with Gasteiger partial charge in [0.1, 0.15) is 5.65 Å². The molecule has 4 nitrogen and oxygen atoms in total. The summed E-state index contributed by atoms with van der Waals surface area (Å²) in [6.07, 6.45) is 3.82. The standard InChI is InChI=1S/C19H14N4S/c1-12-6-8-13(9-7-12)24-17-11-21-23-18-15(10-20-19(17)23)14-4-2-3-5-16(14)22-18/h2-11,22H,1H3. The van der Waals surface area contributed by atoms with Crippen LogP contribution in [0.4, 0.5) is 0 Å². The van der Waals surface area contributed by atoms with Crippen molar-refractivity contribution in [2.24, 2.45) is 0 Å². The molecule has 0 aliphatic heterocycles. The highest BCUT2D eigenvalue weighted by Gasteiger charge is 2.13. The van der Waals surface area contributed by atoms with Crippen molar-refractivity contribution < 1.29 is 0 Å². The summed E-state index contributed by atoms with van der Waals surface area (Å²) in [7, 11) is 0. The number of para-hydroxylation sites is 1. The zero-order chi connectivity index (χ0) is 16.1. The molecular formula is C19H14N4S. The fourth-order valence-electron chi connectivity index (χ4n) is 2.99. The molecule has 0 saturated carbocycles. The maximum atomic E-state index is 4.67. The van der Waals surface area contributed by atoms with Gasteiger partial charge in [-0.05, 0) is 25.1 Å². The third-order valence-electron chi connectivity index (χ3n) is 4.21. The van der Waals surface area contributed by atoms with Crippen molar-refractivity contribution in [3.8, 4) is 0 Å². The summed E-state index contributed by atoms with van der Waals surface area (Å²) < 4.78 is 1.89. The minimum absolute atomic E-state index is 0.875. The summed E-state index contributed by atoms with van der Waals surface area (Å²) in [6, 6.07) is 16.8. The first kappa shape index (κ1) is 13.6. The number of rotatable bonds is 2. The second kappa shape index (κ2) is 5.11. The number of hydrogen-bond acceptors (Lipinski definition) is 3. The highest BCUT2D eigenvalue weighted by molar-refractivity contribution is 7.99. The van der Waals surface area contributed by atoms with E-state index in [1.165, 1.54) is 15.8 Å².